The summed E-state index contributed by atoms with van der Waals surface area (Å²) < 4.78 is 13.5. The molecule has 0 aliphatic carbocycles. The molecule has 0 spiro atoms. The molecule has 128 valence electrons. The number of thioether (sulfide) groups is 1. The second-order valence-electron chi connectivity index (χ2n) is 4.94. The van der Waals surface area contributed by atoms with Crippen molar-refractivity contribution in [3.8, 4) is 0 Å². The van der Waals surface area contributed by atoms with E-state index >= 15 is 0 Å². The number of halogens is 2. The number of nitrogens with zero attached hydrogens (tertiary/aromatic N) is 2. The highest BCUT2D eigenvalue weighted by Gasteiger charge is 2.02. The predicted octanol–water partition coefficient (Wildman–Crippen LogP) is 3.37. The molecule has 0 radical (unpaired) electrons. The van der Waals surface area contributed by atoms with Crippen molar-refractivity contribution >= 4 is 29.3 Å². The van der Waals surface area contributed by atoms with Crippen LogP contribution in [-0.2, 0) is 6.42 Å². The van der Waals surface area contributed by atoms with Gasteiger partial charge < -0.3 is 10.6 Å². The Kier molecular flexibility index (Phi) is 7.85. The highest BCUT2D eigenvalue weighted by Crippen LogP contribution is 2.20. The summed E-state index contributed by atoms with van der Waals surface area (Å²) in [4.78, 5) is 8.89. The summed E-state index contributed by atoms with van der Waals surface area (Å²) in [5, 5.41) is 6.95. The topological polar surface area (TPSA) is 49.3 Å². The van der Waals surface area contributed by atoms with Crippen molar-refractivity contribution in [2.24, 2.45) is 4.99 Å². The lowest BCUT2D eigenvalue weighted by molar-refractivity contribution is 0.602. The predicted molar refractivity (Wildman–Crippen MR) is 99.4 cm³/mol. The number of nitrogens with one attached hydrogen (secondary N) is 2. The number of aliphatic imine (C=N–C) groups is 1. The molecule has 1 heterocycles. The van der Waals surface area contributed by atoms with Crippen molar-refractivity contribution < 1.29 is 4.39 Å². The molecule has 0 atom stereocenters. The standard InChI is InChI=1S/C17H20ClFN4S/c1-20-17(21-9-8-13-6-7-16(18)23-12-13)22-10-11-24-15-5-3-2-4-14(15)19/h2-7,12H,8-11H2,1H3,(H2,20,21,22). The van der Waals surface area contributed by atoms with Gasteiger partial charge in [-0.15, -0.1) is 11.8 Å². The molecule has 0 fully saturated rings. The summed E-state index contributed by atoms with van der Waals surface area (Å²) in [6.45, 7) is 1.44. The van der Waals surface area contributed by atoms with E-state index in [1.807, 2.05) is 12.1 Å². The van der Waals surface area contributed by atoms with Gasteiger partial charge in [-0.3, -0.25) is 4.99 Å². The summed E-state index contributed by atoms with van der Waals surface area (Å²) in [6, 6.07) is 10.5. The normalized spacial score (nSPS) is 11.4. The molecule has 2 N–H and O–H groups in total. The molecule has 1 aromatic heterocycles. The molecule has 7 heteroatoms. The first-order valence-corrected chi connectivity index (χ1v) is 8.97. The zero-order chi connectivity index (χ0) is 17.2. The number of pyridine rings is 1. The van der Waals surface area contributed by atoms with E-state index in [1.54, 1.807) is 31.4 Å². The van der Waals surface area contributed by atoms with Crippen LogP contribution in [0.1, 0.15) is 5.56 Å². The van der Waals surface area contributed by atoms with E-state index in [4.69, 9.17) is 11.6 Å². The molecule has 1 aromatic carbocycles. The van der Waals surface area contributed by atoms with E-state index in [2.05, 4.69) is 20.6 Å². The van der Waals surface area contributed by atoms with E-state index in [1.165, 1.54) is 17.8 Å². The van der Waals surface area contributed by atoms with E-state index in [9.17, 15) is 4.39 Å². The number of rotatable bonds is 7. The minimum absolute atomic E-state index is 0.179. The molecular formula is C17H20ClFN4S. The Morgan fingerprint density at radius 2 is 2.00 bits per heavy atom. The largest absolute Gasteiger partial charge is 0.356 e. The number of guanidine groups is 1. The third-order valence-corrected chi connectivity index (χ3v) is 4.48. The molecule has 0 saturated heterocycles. The van der Waals surface area contributed by atoms with Crippen LogP contribution in [0.4, 0.5) is 4.39 Å². The van der Waals surface area contributed by atoms with Gasteiger partial charge in [-0.1, -0.05) is 29.8 Å². The van der Waals surface area contributed by atoms with Gasteiger partial charge in [0.1, 0.15) is 11.0 Å². The first-order chi connectivity index (χ1) is 11.7. The van der Waals surface area contributed by atoms with Crippen molar-refractivity contribution in [2.45, 2.75) is 11.3 Å². The fourth-order valence-electron chi connectivity index (χ4n) is 1.99. The molecule has 0 aliphatic heterocycles. The van der Waals surface area contributed by atoms with Crippen LogP contribution in [0.2, 0.25) is 5.15 Å². The van der Waals surface area contributed by atoms with Gasteiger partial charge in [0.15, 0.2) is 5.96 Å². The molecule has 0 amide bonds. The summed E-state index contributed by atoms with van der Waals surface area (Å²) >= 11 is 7.24. The highest BCUT2D eigenvalue weighted by atomic mass is 35.5. The Hall–Kier alpha value is -1.79. The van der Waals surface area contributed by atoms with Crippen LogP contribution in [0.5, 0.6) is 0 Å². The van der Waals surface area contributed by atoms with Crippen molar-refractivity contribution in [3.63, 3.8) is 0 Å². The lowest BCUT2D eigenvalue weighted by atomic mass is 10.2. The lowest BCUT2D eigenvalue weighted by Gasteiger charge is -2.11. The second-order valence-corrected chi connectivity index (χ2v) is 6.47. The molecule has 24 heavy (non-hydrogen) atoms. The average Bonchev–Trinajstić information content (AvgIpc) is 2.60. The summed E-state index contributed by atoms with van der Waals surface area (Å²) in [7, 11) is 1.73. The van der Waals surface area contributed by atoms with Crippen LogP contribution >= 0.6 is 23.4 Å². The Labute approximate surface area is 150 Å². The van der Waals surface area contributed by atoms with Crippen LogP contribution < -0.4 is 10.6 Å². The molecule has 0 unspecified atom stereocenters. The smallest absolute Gasteiger partial charge is 0.191 e. The first-order valence-electron chi connectivity index (χ1n) is 7.61. The number of benzene rings is 1. The van der Waals surface area contributed by atoms with Crippen molar-refractivity contribution in [3.05, 3.63) is 59.1 Å². The SMILES string of the molecule is CN=C(NCCSc1ccccc1F)NCCc1ccc(Cl)nc1. The highest BCUT2D eigenvalue weighted by molar-refractivity contribution is 7.99. The monoisotopic (exact) mass is 366 g/mol. The summed E-state index contributed by atoms with van der Waals surface area (Å²) in [6.07, 6.45) is 2.60. The first kappa shape index (κ1) is 18.5. The van der Waals surface area contributed by atoms with E-state index < -0.39 is 0 Å². The summed E-state index contributed by atoms with van der Waals surface area (Å²) in [5.41, 5.74) is 1.11. The van der Waals surface area contributed by atoms with Gasteiger partial charge in [-0.05, 0) is 30.2 Å². The Morgan fingerprint density at radius 1 is 1.21 bits per heavy atom. The number of aromatic nitrogens is 1. The molecule has 0 aliphatic rings. The fraction of sp³-hybridized carbons (Fsp3) is 0.294. The Bertz CT molecular complexity index is 664. The minimum Gasteiger partial charge on any atom is -0.356 e. The Balaban J connectivity index is 1.65. The molecule has 2 rings (SSSR count). The average molecular weight is 367 g/mol. The van der Waals surface area contributed by atoms with Gasteiger partial charge >= 0.3 is 0 Å². The molecule has 0 saturated carbocycles. The van der Waals surface area contributed by atoms with E-state index in [0.717, 1.165) is 30.2 Å². The van der Waals surface area contributed by atoms with Crippen molar-refractivity contribution in [1.82, 2.24) is 15.6 Å². The van der Waals surface area contributed by atoms with Gasteiger partial charge in [0, 0.05) is 37.0 Å². The summed E-state index contributed by atoms with van der Waals surface area (Å²) in [5.74, 6) is 1.30. The maximum Gasteiger partial charge on any atom is 0.191 e. The third-order valence-electron chi connectivity index (χ3n) is 3.21. The van der Waals surface area contributed by atoms with Crippen LogP contribution in [-0.4, -0.2) is 36.8 Å². The second kappa shape index (κ2) is 10.2. The van der Waals surface area contributed by atoms with Gasteiger partial charge in [0.25, 0.3) is 0 Å². The van der Waals surface area contributed by atoms with Gasteiger partial charge in [-0.25, -0.2) is 9.37 Å². The van der Waals surface area contributed by atoms with Crippen molar-refractivity contribution in [1.29, 1.82) is 0 Å². The minimum atomic E-state index is -0.179. The molecule has 0 bridgehead atoms. The zero-order valence-corrected chi connectivity index (χ0v) is 15.0. The van der Waals surface area contributed by atoms with Gasteiger partial charge in [-0.2, -0.15) is 0 Å². The quantitative estimate of drug-likeness (QED) is 0.259. The number of hydrogen-bond donors (Lipinski definition) is 2. The van der Waals surface area contributed by atoms with Gasteiger partial charge in [0.2, 0.25) is 0 Å². The maximum absolute atomic E-state index is 13.5. The zero-order valence-electron chi connectivity index (χ0n) is 13.4. The fourth-order valence-corrected chi connectivity index (χ4v) is 2.91. The maximum atomic E-state index is 13.5. The van der Waals surface area contributed by atoms with Crippen molar-refractivity contribution in [2.75, 3.05) is 25.9 Å². The van der Waals surface area contributed by atoms with E-state index in [-0.39, 0.29) is 5.82 Å². The van der Waals surface area contributed by atoms with E-state index in [0.29, 0.717) is 16.6 Å². The molecule has 2 aromatic rings. The third kappa shape index (κ3) is 6.37. The molecule has 4 nitrogen and oxygen atoms in total. The van der Waals surface area contributed by atoms with Crippen LogP contribution in [0.25, 0.3) is 0 Å². The van der Waals surface area contributed by atoms with Gasteiger partial charge in [0.05, 0.1) is 0 Å². The molecular weight excluding hydrogens is 347 g/mol. The van der Waals surface area contributed by atoms with Crippen LogP contribution in [0.3, 0.4) is 0 Å². The Morgan fingerprint density at radius 3 is 2.71 bits per heavy atom. The van der Waals surface area contributed by atoms with Crippen LogP contribution in [0, 0.1) is 5.82 Å². The lowest BCUT2D eigenvalue weighted by Crippen LogP contribution is -2.39. The van der Waals surface area contributed by atoms with Crippen LogP contribution in [0.15, 0.2) is 52.5 Å². The number of hydrogen-bond acceptors (Lipinski definition) is 3.